The molecule has 0 fully saturated rings. The van der Waals surface area contributed by atoms with E-state index >= 15 is 0 Å². The number of nitrogens with two attached hydrogens (primary N) is 1. The van der Waals surface area contributed by atoms with Gasteiger partial charge in [0.15, 0.2) is 5.78 Å². The molecule has 0 heterocycles. The maximum absolute atomic E-state index is 11.8. The van der Waals surface area contributed by atoms with Gasteiger partial charge in [-0.25, -0.2) is 0 Å². The highest BCUT2D eigenvalue weighted by Gasteiger charge is 2.16. The summed E-state index contributed by atoms with van der Waals surface area (Å²) in [4.78, 5) is 26.6. The number of nitrogens with one attached hydrogen (secondary N) is 1. The quantitative estimate of drug-likeness (QED) is 0.661. The first-order chi connectivity index (χ1) is 9.17. The highest BCUT2D eigenvalue weighted by atomic mass is 16.2. The van der Waals surface area contributed by atoms with Gasteiger partial charge in [-0.2, -0.15) is 0 Å². The summed E-state index contributed by atoms with van der Waals surface area (Å²) >= 11 is 0. The smallest absolute Gasteiger partial charge is 0.234 e. The van der Waals surface area contributed by atoms with Crippen molar-refractivity contribution in [3.8, 4) is 0 Å². The lowest BCUT2D eigenvalue weighted by Gasteiger charge is -2.11. The molecule has 0 aliphatic carbocycles. The number of aryl methyl sites for hydroxylation is 1. The van der Waals surface area contributed by atoms with Gasteiger partial charge in [0.1, 0.15) is 6.04 Å². The molecule has 1 unspecified atom stereocenters. The van der Waals surface area contributed by atoms with Crippen molar-refractivity contribution in [2.24, 2.45) is 10.7 Å². The van der Waals surface area contributed by atoms with Gasteiger partial charge in [-0.3, -0.25) is 14.6 Å². The summed E-state index contributed by atoms with van der Waals surface area (Å²) in [7, 11) is 0. The molecule has 1 amide bonds. The molecule has 5 nitrogen and oxygen atoms in total. The molecular weight excluding hydrogens is 242 g/mol. The summed E-state index contributed by atoms with van der Waals surface area (Å²) < 4.78 is 0. The highest BCUT2D eigenvalue weighted by Crippen LogP contribution is 2.07. The Hall–Kier alpha value is -2.01. The zero-order valence-electron chi connectivity index (χ0n) is 10.8. The molecule has 0 saturated carbocycles. The lowest BCUT2D eigenvalue weighted by Crippen LogP contribution is -2.37. The van der Waals surface area contributed by atoms with Crippen LogP contribution in [0.15, 0.2) is 35.3 Å². The monoisotopic (exact) mass is 261 g/mol. The third kappa shape index (κ3) is 5.44. The predicted molar refractivity (Wildman–Crippen MR) is 75.2 cm³/mol. The second kappa shape index (κ2) is 8.16. The zero-order chi connectivity index (χ0) is 14.1. The molecule has 0 aliphatic heterocycles. The molecular formula is C14H19N3O2. The normalized spacial score (nSPS) is 11.6. The minimum atomic E-state index is -0.488. The van der Waals surface area contributed by atoms with E-state index < -0.39 is 6.04 Å². The third-order valence-corrected chi connectivity index (χ3v) is 2.79. The maximum atomic E-state index is 11.8. The number of carbonyl (C=O) groups is 2. The minimum Gasteiger partial charge on any atom is -0.348 e. The van der Waals surface area contributed by atoms with Crippen molar-refractivity contribution < 1.29 is 9.59 Å². The van der Waals surface area contributed by atoms with Gasteiger partial charge in [0.2, 0.25) is 5.91 Å². The number of nitrogens with zero attached hydrogens (tertiary/aromatic N) is 1. The lowest BCUT2D eigenvalue weighted by atomic mass is 10.0. The summed E-state index contributed by atoms with van der Waals surface area (Å²) in [5.74, 6) is -0.494. The van der Waals surface area contributed by atoms with Crippen molar-refractivity contribution in [1.82, 2.24) is 5.32 Å². The molecule has 0 saturated heterocycles. The number of aliphatic imine (C=N–C) groups is 1. The van der Waals surface area contributed by atoms with E-state index in [1.807, 2.05) is 30.3 Å². The first-order valence-electron chi connectivity index (χ1n) is 6.16. The van der Waals surface area contributed by atoms with E-state index in [9.17, 15) is 9.59 Å². The molecule has 0 spiro atoms. The molecule has 19 heavy (non-hydrogen) atoms. The molecule has 5 heteroatoms. The van der Waals surface area contributed by atoms with Crippen LogP contribution in [0.1, 0.15) is 12.0 Å². The van der Waals surface area contributed by atoms with E-state index in [-0.39, 0.29) is 24.8 Å². The van der Waals surface area contributed by atoms with Crippen LogP contribution in [-0.4, -0.2) is 37.5 Å². The van der Waals surface area contributed by atoms with Gasteiger partial charge in [-0.1, -0.05) is 30.3 Å². The number of Topliss-reactive ketones (excluding diaryl/α,β-unsaturated/α-hetero) is 1. The van der Waals surface area contributed by atoms with Crippen molar-refractivity contribution in [2.75, 3.05) is 13.1 Å². The Bertz CT molecular complexity index is 432. The van der Waals surface area contributed by atoms with Crippen LogP contribution in [0.2, 0.25) is 0 Å². The molecule has 1 rings (SSSR count). The van der Waals surface area contributed by atoms with Crippen molar-refractivity contribution >= 4 is 18.4 Å². The maximum Gasteiger partial charge on any atom is 0.234 e. The Kier molecular flexibility index (Phi) is 6.46. The Morgan fingerprint density at radius 2 is 2.00 bits per heavy atom. The van der Waals surface area contributed by atoms with E-state index in [1.54, 1.807) is 0 Å². The third-order valence-electron chi connectivity index (χ3n) is 2.79. The summed E-state index contributed by atoms with van der Waals surface area (Å²) in [5, 5.41) is 2.44. The van der Waals surface area contributed by atoms with E-state index in [0.717, 1.165) is 12.0 Å². The Balaban J connectivity index is 2.42. The fraction of sp³-hybridized carbons (Fsp3) is 0.357. The van der Waals surface area contributed by atoms with Gasteiger partial charge in [-0.15, -0.1) is 0 Å². The molecule has 0 aliphatic rings. The van der Waals surface area contributed by atoms with Gasteiger partial charge in [0.25, 0.3) is 0 Å². The van der Waals surface area contributed by atoms with Crippen molar-refractivity contribution in [1.29, 1.82) is 0 Å². The summed E-state index contributed by atoms with van der Waals surface area (Å²) in [6.07, 6.45) is 1.34. The summed E-state index contributed by atoms with van der Waals surface area (Å²) in [6, 6.07) is 9.37. The van der Waals surface area contributed by atoms with E-state index in [4.69, 9.17) is 5.73 Å². The van der Waals surface area contributed by atoms with Crippen LogP contribution in [0.25, 0.3) is 0 Å². The van der Waals surface area contributed by atoms with Gasteiger partial charge < -0.3 is 11.1 Å². The number of hydrogen-bond donors (Lipinski definition) is 2. The van der Waals surface area contributed by atoms with Crippen molar-refractivity contribution in [2.45, 2.75) is 18.9 Å². The van der Waals surface area contributed by atoms with E-state index in [2.05, 4.69) is 17.0 Å². The minimum absolute atomic E-state index is 0.0471. The van der Waals surface area contributed by atoms with Crippen molar-refractivity contribution in [3.05, 3.63) is 35.9 Å². The number of carbonyl (C=O) groups excluding carboxylic acids is 2. The number of amides is 1. The van der Waals surface area contributed by atoms with Crippen LogP contribution in [0.4, 0.5) is 0 Å². The number of benzene rings is 1. The number of hydrogen-bond acceptors (Lipinski definition) is 4. The first-order valence-corrected chi connectivity index (χ1v) is 6.16. The van der Waals surface area contributed by atoms with Gasteiger partial charge in [0, 0.05) is 0 Å². The van der Waals surface area contributed by atoms with Crippen molar-refractivity contribution in [3.63, 3.8) is 0 Å². The molecule has 1 atom stereocenters. The van der Waals surface area contributed by atoms with E-state index in [0.29, 0.717) is 6.42 Å². The molecule has 0 aromatic heterocycles. The van der Waals surface area contributed by atoms with Crippen LogP contribution in [0.3, 0.4) is 0 Å². The Morgan fingerprint density at radius 3 is 2.58 bits per heavy atom. The van der Waals surface area contributed by atoms with Crippen LogP contribution >= 0.6 is 0 Å². The van der Waals surface area contributed by atoms with Gasteiger partial charge in [-0.05, 0) is 25.1 Å². The standard InChI is InChI=1S/C14H19N3O2/c1-16-12(13(18)10-17-14(19)9-15)8-7-11-5-3-2-4-6-11/h2-6,12H,1,7-10,15H2,(H,17,19). The Morgan fingerprint density at radius 1 is 1.32 bits per heavy atom. The fourth-order valence-corrected chi connectivity index (χ4v) is 1.68. The average molecular weight is 261 g/mol. The van der Waals surface area contributed by atoms with E-state index in [1.165, 1.54) is 0 Å². The molecule has 102 valence electrons. The lowest BCUT2D eigenvalue weighted by molar-refractivity contribution is -0.124. The molecule has 3 N–H and O–H groups in total. The SMILES string of the molecule is C=NC(CCc1ccccc1)C(=O)CNC(=O)CN. The van der Waals surface area contributed by atoms with Gasteiger partial charge >= 0.3 is 0 Å². The highest BCUT2D eigenvalue weighted by molar-refractivity contribution is 5.90. The zero-order valence-corrected chi connectivity index (χ0v) is 10.8. The molecule has 1 aromatic carbocycles. The average Bonchev–Trinajstić information content (AvgIpc) is 2.46. The van der Waals surface area contributed by atoms with Crippen LogP contribution in [0.5, 0.6) is 0 Å². The van der Waals surface area contributed by atoms with Gasteiger partial charge in [0.05, 0.1) is 13.1 Å². The molecule has 1 aromatic rings. The second-order valence-corrected chi connectivity index (χ2v) is 4.17. The van der Waals surface area contributed by atoms with Crippen LogP contribution < -0.4 is 11.1 Å². The number of ketones is 1. The molecule has 0 bridgehead atoms. The topological polar surface area (TPSA) is 84.5 Å². The predicted octanol–water partition coefficient (Wildman–Crippen LogP) is 0.332. The first kappa shape index (κ1) is 15.0. The largest absolute Gasteiger partial charge is 0.348 e. The van der Waals surface area contributed by atoms with Crippen LogP contribution in [0, 0.1) is 0 Å². The summed E-state index contributed by atoms with van der Waals surface area (Å²) in [6.45, 7) is 3.26. The summed E-state index contributed by atoms with van der Waals surface area (Å²) in [5.41, 5.74) is 6.29. The fourth-order valence-electron chi connectivity index (χ4n) is 1.68. The Labute approximate surface area is 112 Å². The molecule has 0 radical (unpaired) electrons. The van der Waals surface area contributed by atoms with Crippen LogP contribution in [-0.2, 0) is 16.0 Å². The number of rotatable bonds is 8. The second-order valence-electron chi connectivity index (χ2n) is 4.17.